The van der Waals surface area contributed by atoms with Crippen LogP contribution in [0.4, 0.5) is 0 Å². The first kappa shape index (κ1) is 12.7. The van der Waals surface area contributed by atoms with E-state index in [4.69, 9.17) is 0 Å². The number of rotatable bonds is 5. The van der Waals surface area contributed by atoms with Gasteiger partial charge in [-0.25, -0.2) is 15.0 Å². The number of nitrogens with zero attached hydrogens (tertiary/aromatic N) is 4. The monoisotopic (exact) mass is 245 g/mol. The molecule has 0 aromatic carbocycles. The Balaban J connectivity index is 2.00. The van der Waals surface area contributed by atoms with Crippen molar-refractivity contribution in [1.29, 1.82) is 0 Å². The van der Waals surface area contributed by atoms with Gasteiger partial charge in [-0.05, 0) is 12.5 Å². The molecule has 0 radical (unpaired) electrons. The Morgan fingerprint density at radius 3 is 2.50 bits per heavy atom. The minimum Gasteiger partial charge on any atom is -0.331 e. The van der Waals surface area contributed by atoms with Crippen LogP contribution in [-0.2, 0) is 13.6 Å². The van der Waals surface area contributed by atoms with Crippen LogP contribution in [0.5, 0.6) is 0 Å². The average molecular weight is 245 g/mol. The molecule has 2 rings (SSSR count). The van der Waals surface area contributed by atoms with Gasteiger partial charge in [-0.15, -0.1) is 0 Å². The van der Waals surface area contributed by atoms with E-state index in [1.165, 1.54) is 0 Å². The van der Waals surface area contributed by atoms with E-state index in [1.807, 2.05) is 30.2 Å². The highest BCUT2D eigenvalue weighted by Gasteiger charge is 2.06. The Hall–Kier alpha value is -1.75. The molecule has 0 unspecified atom stereocenters. The SMILES string of the molecule is CC(C)CNCc1cnc(-c2nccn2C)nc1. The summed E-state index contributed by atoms with van der Waals surface area (Å²) in [6.45, 7) is 6.18. The molecule has 0 atom stereocenters. The van der Waals surface area contributed by atoms with Gasteiger partial charge in [-0.1, -0.05) is 13.8 Å². The minimum absolute atomic E-state index is 0.651. The molecule has 0 aliphatic heterocycles. The minimum atomic E-state index is 0.651. The van der Waals surface area contributed by atoms with E-state index in [9.17, 15) is 0 Å². The molecule has 0 amide bonds. The fraction of sp³-hybridized carbons (Fsp3) is 0.462. The third-order valence-electron chi connectivity index (χ3n) is 2.61. The molecule has 0 aliphatic rings. The molecule has 0 saturated carbocycles. The molecule has 0 spiro atoms. The Morgan fingerprint density at radius 1 is 1.22 bits per heavy atom. The van der Waals surface area contributed by atoms with Crippen molar-refractivity contribution in [2.45, 2.75) is 20.4 Å². The van der Waals surface area contributed by atoms with Crippen molar-refractivity contribution in [2.24, 2.45) is 13.0 Å². The van der Waals surface area contributed by atoms with Crippen molar-refractivity contribution >= 4 is 0 Å². The fourth-order valence-corrected chi connectivity index (χ4v) is 1.65. The summed E-state index contributed by atoms with van der Waals surface area (Å²) < 4.78 is 1.91. The number of hydrogen-bond acceptors (Lipinski definition) is 4. The summed E-state index contributed by atoms with van der Waals surface area (Å²) in [6.07, 6.45) is 7.34. The van der Waals surface area contributed by atoms with Gasteiger partial charge in [0.1, 0.15) is 0 Å². The highest BCUT2D eigenvalue weighted by atomic mass is 15.1. The molecule has 5 nitrogen and oxygen atoms in total. The third kappa shape index (κ3) is 3.13. The molecule has 0 saturated heterocycles. The lowest BCUT2D eigenvalue weighted by Gasteiger charge is -2.07. The van der Waals surface area contributed by atoms with E-state index in [0.29, 0.717) is 11.7 Å². The van der Waals surface area contributed by atoms with Crippen LogP contribution in [0.3, 0.4) is 0 Å². The van der Waals surface area contributed by atoms with Gasteiger partial charge in [0.2, 0.25) is 0 Å². The molecular weight excluding hydrogens is 226 g/mol. The largest absolute Gasteiger partial charge is 0.331 e. The van der Waals surface area contributed by atoms with E-state index in [0.717, 1.165) is 24.5 Å². The van der Waals surface area contributed by atoms with Crippen molar-refractivity contribution < 1.29 is 0 Å². The quantitative estimate of drug-likeness (QED) is 0.869. The second-order valence-corrected chi connectivity index (χ2v) is 4.80. The lowest BCUT2D eigenvalue weighted by atomic mass is 10.2. The van der Waals surface area contributed by atoms with Crippen molar-refractivity contribution in [3.05, 3.63) is 30.4 Å². The van der Waals surface area contributed by atoms with E-state index < -0.39 is 0 Å². The van der Waals surface area contributed by atoms with Gasteiger partial charge in [0.25, 0.3) is 0 Å². The molecule has 5 heteroatoms. The Morgan fingerprint density at radius 2 is 1.94 bits per heavy atom. The summed E-state index contributed by atoms with van der Waals surface area (Å²) in [6, 6.07) is 0. The second-order valence-electron chi connectivity index (χ2n) is 4.80. The summed E-state index contributed by atoms with van der Waals surface area (Å²) >= 11 is 0. The zero-order valence-corrected chi connectivity index (χ0v) is 11.1. The smallest absolute Gasteiger partial charge is 0.195 e. The molecule has 96 valence electrons. The Kier molecular flexibility index (Phi) is 4.04. The van der Waals surface area contributed by atoms with Crippen LogP contribution < -0.4 is 5.32 Å². The topological polar surface area (TPSA) is 55.6 Å². The molecule has 18 heavy (non-hydrogen) atoms. The summed E-state index contributed by atoms with van der Waals surface area (Å²) in [5.74, 6) is 2.10. The van der Waals surface area contributed by atoms with Gasteiger partial charge >= 0.3 is 0 Å². The summed E-state index contributed by atoms with van der Waals surface area (Å²) in [7, 11) is 1.93. The van der Waals surface area contributed by atoms with Crippen molar-refractivity contribution in [3.8, 4) is 11.6 Å². The normalized spacial score (nSPS) is 11.1. The van der Waals surface area contributed by atoms with Crippen molar-refractivity contribution in [3.63, 3.8) is 0 Å². The maximum atomic E-state index is 4.35. The zero-order valence-electron chi connectivity index (χ0n) is 11.1. The Bertz CT molecular complexity index is 486. The lowest BCUT2D eigenvalue weighted by molar-refractivity contribution is 0.551. The first-order chi connectivity index (χ1) is 8.66. The summed E-state index contributed by atoms with van der Waals surface area (Å²) in [5.41, 5.74) is 1.09. The molecule has 2 aromatic rings. The number of nitrogens with one attached hydrogen (secondary N) is 1. The van der Waals surface area contributed by atoms with Gasteiger partial charge in [-0.2, -0.15) is 0 Å². The molecule has 0 bridgehead atoms. The van der Waals surface area contributed by atoms with Crippen LogP contribution in [0.1, 0.15) is 19.4 Å². The fourth-order valence-electron chi connectivity index (χ4n) is 1.65. The third-order valence-corrected chi connectivity index (χ3v) is 2.61. The molecule has 2 aromatic heterocycles. The average Bonchev–Trinajstić information content (AvgIpc) is 2.76. The Labute approximate surface area is 107 Å². The standard InChI is InChI=1S/C13H19N5/c1-10(2)6-14-7-11-8-16-12(17-9-11)13-15-4-5-18(13)3/h4-5,8-10,14H,6-7H2,1-3H3. The molecular formula is C13H19N5. The molecule has 1 N–H and O–H groups in total. The maximum Gasteiger partial charge on any atom is 0.195 e. The van der Waals surface area contributed by atoms with Gasteiger partial charge < -0.3 is 9.88 Å². The number of hydrogen-bond donors (Lipinski definition) is 1. The summed E-state index contributed by atoms with van der Waals surface area (Å²) in [5, 5.41) is 3.37. The van der Waals surface area contributed by atoms with Gasteiger partial charge in [0.15, 0.2) is 11.6 Å². The zero-order chi connectivity index (χ0) is 13.0. The number of imidazole rings is 1. The highest BCUT2D eigenvalue weighted by Crippen LogP contribution is 2.10. The highest BCUT2D eigenvalue weighted by molar-refractivity contribution is 5.43. The van der Waals surface area contributed by atoms with Crippen LogP contribution in [0.25, 0.3) is 11.6 Å². The predicted molar refractivity (Wildman–Crippen MR) is 70.8 cm³/mol. The first-order valence-corrected chi connectivity index (χ1v) is 6.16. The molecule has 0 aliphatic carbocycles. The van der Waals surface area contributed by atoms with Crippen LogP contribution in [0, 0.1) is 5.92 Å². The molecule has 0 fully saturated rings. The second kappa shape index (κ2) is 5.73. The van der Waals surface area contributed by atoms with Crippen LogP contribution in [-0.4, -0.2) is 26.1 Å². The predicted octanol–water partition coefficient (Wildman–Crippen LogP) is 1.62. The molecule has 2 heterocycles. The van der Waals surface area contributed by atoms with E-state index >= 15 is 0 Å². The summed E-state index contributed by atoms with van der Waals surface area (Å²) in [4.78, 5) is 12.9. The van der Waals surface area contributed by atoms with Crippen molar-refractivity contribution in [2.75, 3.05) is 6.54 Å². The van der Waals surface area contributed by atoms with E-state index in [1.54, 1.807) is 6.20 Å². The first-order valence-electron chi connectivity index (χ1n) is 6.16. The number of aromatic nitrogens is 4. The van der Waals surface area contributed by atoms with Gasteiger partial charge in [0.05, 0.1) is 0 Å². The van der Waals surface area contributed by atoms with E-state index in [2.05, 4.69) is 34.1 Å². The van der Waals surface area contributed by atoms with Crippen LogP contribution in [0.2, 0.25) is 0 Å². The van der Waals surface area contributed by atoms with E-state index in [-0.39, 0.29) is 0 Å². The lowest BCUT2D eigenvalue weighted by Crippen LogP contribution is -2.19. The van der Waals surface area contributed by atoms with Crippen molar-refractivity contribution in [1.82, 2.24) is 24.8 Å². The number of aryl methyl sites for hydroxylation is 1. The van der Waals surface area contributed by atoms with Gasteiger partial charge in [0, 0.05) is 43.9 Å². The van der Waals surface area contributed by atoms with Gasteiger partial charge in [-0.3, -0.25) is 0 Å². The maximum absolute atomic E-state index is 4.35. The van der Waals surface area contributed by atoms with Crippen LogP contribution >= 0.6 is 0 Å². The van der Waals surface area contributed by atoms with Crippen LogP contribution in [0.15, 0.2) is 24.8 Å².